The molecule has 0 aromatic carbocycles. The number of nitrogens with two attached hydrogens (primary N) is 1. The molecule has 2 atom stereocenters. The van der Waals surface area contributed by atoms with Gasteiger partial charge in [-0.05, 0) is 19.4 Å². The standard InChI is InChI=1S/C6H14N2O.2BrH/c7-5-4-8-3-1-2-6(5)9;;/h5-6,8-9H,1-4,7H2;2*1H. The molecule has 0 bridgehead atoms. The summed E-state index contributed by atoms with van der Waals surface area (Å²) in [6.07, 6.45) is 1.59. The quantitative estimate of drug-likeness (QED) is 0.598. The molecule has 1 saturated heterocycles. The summed E-state index contributed by atoms with van der Waals surface area (Å²) in [6, 6.07) is -0.0625. The summed E-state index contributed by atoms with van der Waals surface area (Å²) < 4.78 is 0. The first kappa shape index (κ1) is 14.4. The molecule has 0 aromatic heterocycles. The van der Waals surface area contributed by atoms with Crippen LogP contribution in [0.4, 0.5) is 0 Å². The normalized spacial score (nSPS) is 31.1. The molecule has 0 aromatic rings. The Bertz CT molecular complexity index is 84.7. The van der Waals surface area contributed by atoms with E-state index in [1.54, 1.807) is 0 Å². The van der Waals surface area contributed by atoms with Gasteiger partial charge in [-0.3, -0.25) is 0 Å². The minimum absolute atomic E-state index is 0. The van der Waals surface area contributed by atoms with E-state index in [0.29, 0.717) is 0 Å². The van der Waals surface area contributed by atoms with Gasteiger partial charge in [0.05, 0.1) is 6.10 Å². The molecule has 0 radical (unpaired) electrons. The van der Waals surface area contributed by atoms with Crippen LogP contribution in [0.3, 0.4) is 0 Å². The van der Waals surface area contributed by atoms with Gasteiger partial charge in [0.2, 0.25) is 0 Å². The highest BCUT2D eigenvalue weighted by Gasteiger charge is 2.16. The Hall–Kier alpha value is 0.840. The van der Waals surface area contributed by atoms with Crippen molar-refractivity contribution in [2.24, 2.45) is 5.73 Å². The van der Waals surface area contributed by atoms with E-state index in [9.17, 15) is 5.11 Å². The third kappa shape index (κ3) is 5.14. The maximum absolute atomic E-state index is 9.19. The van der Waals surface area contributed by atoms with Crippen LogP contribution in [0.25, 0.3) is 0 Å². The van der Waals surface area contributed by atoms with Crippen LogP contribution >= 0.6 is 34.0 Å². The molecule has 0 spiro atoms. The van der Waals surface area contributed by atoms with Crippen LogP contribution in [0, 0.1) is 0 Å². The number of aliphatic hydroxyl groups is 1. The summed E-state index contributed by atoms with van der Waals surface area (Å²) in [5, 5.41) is 12.3. The molecule has 3 nitrogen and oxygen atoms in total. The lowest BCUT2D eigenvalue weighted by atomic mass is 10.1. The first-order chi connectivity index (χ1) is 4.30. The van der Waals surface area contributed by atoms with E-state index in [-0.39, 0.29) is 46.1 Å². The molecule has 0 aliphatic carbocycles. The van der Waals surface area contributed by atoms with Gasteiger partial charge in [-0.2, -0.15) is 0 Å². The lowest BCUT2D eigenvalue weighted by Crippen LogP contribution is -2.40. The second-order valence-electron chi connectivity index (χ2n) is 2.58. The van der Waals surface area contributed by atoms with Crippen LogP contribution < -0.4 is 11.1 Å². The Morgan fingerprint density at radius 1 is 1.36 bits per heavy atom. The molecule has 70 valence electrons. The van der Waals surface area contributed by atoms with E-state index in [2.05, 4.69) is 5.32 Å². The lowest BCUT2D eigenvalue weighted by Gasteiger charge is -2.13. The zero-order valence-electron chi connectivity index (χ0n) is 6.32. The highest BCUT2D eigenvalue weighted by atomic mass is 79.9. The molecule has 11 heavy (non-hydrogen) atoms. The Morgan fingerprint density at radius 3 is 2.64 bits per heavy atom. The molecule has 0 amide bonds. The summed E-state index contributed by atoms with van der Waals surface area (Å²) in [4.78, 5) is 0. The fraction of sp³-hybridized carbons (Fsp3) is 1.00. The third-order valence-corrected chi connectivity index (χ3v) is 1.73. The van der Waals surface area contributed by atoms with Crippen molar-refractivity contribution < 1.29 is 5.11 Å². The fourth-order valence-electron chi connectivity index (χ4n) is 1.06. The van der Waals surface area contributed by atoms with Gasteiger partial charge in [0.25, 0.3) is 0 Å². The van der Waals surface area contributed by atoms with Crippen molar-refractivity contribution in [1.82, 2.24) is 5.32 Å². The number of hydrogen-bond donors (Lipinski definition) is 3. The zero-order chi connectivity index (χ0) is 6.69. The third-order valence-electron chi connectivity index (χ3n) is 1.73. The Kier molecular flexibility index (Phi) is 9.78. The molecular formula is C6H16Br2N2O. The number of aliphatic hydroxyl groups excluding tert-OH is 1. The number of nitrogens with one attached hydrogen (secondary N) is 1. The van der Waals surface area contributed by atoms with Crippen molar-refractivity contribution in [1.29, 1.82) is 0 Å². The lowest BCUT2D eigenvalue weighted by molar-refractivity contribution is 0.141. The van der Waals surface area contributed by atoms with Crippen LogP contribution in [0.1, 0.15) is 12.8 Å². The van der Waals surface area contributed by atoms with E-state index in [4.69, 9.17) is 5.73 Å². The Morgan fingerprint density at radius 2 is 2.00 bits per heavy atom. The highest BCUT2D eigenvalue weighted by molar-refractivity contribution is 8.93. The zero-order valence-corrected chi connectivity index (χ0v) is 9.75. The number of halogens is 2. The van der Waals surface area contributed by atoms with Gasteiger partial charge in [-0.1, -0.05) is 0 Å². The van der Waals surface area contributed by atoms with Crippen LogP contribution in [0.5, 0.6) is 0 Å². The predicted octanol–water partition coefficient (Wildman–Crippen LogP) is 0.214. The molecule has 1 heterocycles. The Labute approximate surface area is 88.3 Å². The second kappa shape index (κ2) is 7.49. The molecule has 0 saturated carbocycles. The van der Waals surface area contributed by atoms with Crippen molar-refractivity contribution in [3.8, 4) is 0 Å². The average molecular weight is 292 g/mol. The van der Waals surface area contributed by atoms with Gasteiger partial charge in [-0.25, -0.2) is 0 Å². The molecule has 1 aliphatic heterocycles. The van der Waals surface area contributed by atoms with Crippen molar-refractivity contribution >= 4 is 34.0 Å². The summed E-state index contributed by atoms with van der Waals surface area (Å²) in [6.45, 7) is 1.74. The van der Waals surface area contributed by atoms with Gasteiger partial charge in [0.1, 0.15) is 0 Å². The van der Waals surface area contributed by atoms with Crippen molar-refractivity contribution in [2.45, 2.75) is 25.0 Å². The van der Waals surface area contributed by atoms with Crippen LogP contribution in [-0.2, 0) is 0 Å². The molecule has 4 N–H and O–H groups in total. The van der Waals surface area contributed by atoms with E-state index in [1.807, 2.05) is 0 Å². The first-order valence-corrected chi connectivity index (χ1v) is 3.45. The topological polar surface area (TPSA) is 58.3 Å². The summed E-state index contributed by atoms with van der Waals surface area (Å²) in [7, 11) is 0. The largest absolute Gasteiger partial charge is 0.391 e. The SMILES string of the molecule is Br.Br.NC1CNCCCC1O. The fourth-order valence-corrected chi connectivity index (χ4v) is 1.06. The van der Waals surface area contributed by atoms with Crippen molar-refractivity contribution in [3.63, 3.8) is 0 Å². The maximum Gasteiger partial charge on any atom is 0.0704 e. The van der Waals surface area contributed by atoms with E-state index >= 15 is 0 Å². The molecule has 1 aliphatic rings. The Balaban J connectivity index is 0. The summed E-state index contributed by atoms with van der Waals surface area (Å²) >= 11 is 0. The monoisotopic (exact) mass is 290 g/mol. The minimum atomic E-state index is -0.292. The number of hydrogen-bond acceptors (Lipinski definition) is 3. The van der Waals surface area contributed by atoms with Crippen molar-refractivity contribution in [3.05, 3.63) is 0 Å². The molecule has 2 unspecified atom stereocenters. The molecule has 1 fully saturated rings. The van der Waals surface area contributed by atoms with Gasteiger partial charge < -0.3 is 16.2 Å². The van der Waals surface area contributed by atoms with Gasteiger partial charge >= 0.3 is 0 Å². The second-order valence-corrected chi connectivity index (χ2v) is 2.58. The maximum atomic E-state index is 9.19. The summed E-state index contributed by atoms with van der Waals surface area (Å²) in [5.74, 6) is 0. The van der Waals surface area contributed by atoms with Crippen molar-refractivity contribution in [2.75, 3.05) is 13.1 Å². The molecule has 1 rings (SSSR count). The van der Waals surface area contributed by atoms with E-state index in [0.717, 1.165) is 25.9 Å². The van der Waals surface area contributed by atoms with Crippen LogP contribution in [0.15, 0.2) is 0 Å². The molecular weight excluding hydrogens is 276 g/mol. The van der Waals surface area contributed by atoms with Gasteiger partial charge in [-0.15, -0.1) is 34.0 Å². The first-order valence-electron chi connectivity index (χ1n) is 3.45. The number of rotatable bonds is 0. The average Bonchev–Trinajstić information content (AvgIpc) is 1.99. The van der Waals surface area contributed by atoms with Gasteiger partial charge in [0, 0.05) is 12.6 Å². The highest BCUT2D eigenvalue weighted by Crippen LogP contribution is 2.02. The predicted molar refractivity (Wildman–Crippen MR) is 56.7 cm³/mol. The van der Waals surface area contributed by atoms with E-state index in [1.165, 1.54) is 0 Å². The summed E-state index contributed by atoms with van der Waals surface area (Å²) in [5.41, 5.74) is 5.57. The minimum Gasteiger partial charge on any atom is -0.391 e. The van der Waals surface area contributed by atoms with Gasteiger partial charge in [0.15, 0.2) is 0 Å². The van der Waals surface area contributed by atoms with Crippen LogP contribution in [-0.4, -0.2) is 30.3 Å². The smallest absolute Gasteiger partial charge is 0.0704 e. The van der Waals surface area contributed by atoms with Crippen LogP contribution in [0.2, 0.25) is 0 Å². The van der Waals surface area contributed by atoms with E-state index < -0.39 is 0 Å². The molecule has 5 heteroatoms.